The van der Waals surface area contributed by atoms with Gasteiger partial charge in [0.05, 0.1) is 0 Å². The minimum absolute atomic E-state index is 0.265. The molecule has 0 spiro atoms. The summed E-state index contributed by atoms with van der Waals surface area (Å²) < 4.78 is 0. The lowest BCUT2D eigenvalue weighted by Gasteiger charge is -2.16. The van der Waals surface area contributed by atoms with Crippen LogP contribution in [0.2, 0.25) is 0 Å². The predicted molar refractivity (Wildman–Crippen MR) is 56.0 cm³/mol. The van der Waals surface area contributed by atoms with Crippen LogP contribution in [0.5, 0.6) is 0 Å². The summed E-state index contributed by atoms with van der Waals surface area (Å²) in [5.74, 6) is 0.968. The second kappa shape index (κ2) is 4.78. The van der Waals surface area contributed by atoms with Gasteiger partial charge in [-0.05, 0) is 38.1 Å². The fraction of sp³-hybridized carbons (Fsp3) is 0.909. The minimum Gasteiger partial charge on any atom is -0.352 e. The van der Waals surface area contributed by atoms with Gasteiger partial charge in [-0.2, -0.15) is 0 Å². The standard InChI is InChI=1S/C11H20N2O/c14-11(7-9-4-5-9)13-10-3-1-2-6-12-8-10/h9-10,12H,1-8H2,(H,13,14). The number of nitrogens with one attached hydrogen (secondary N) is 2. The van der Waals surface area contributed by atoms with Crippen LogP contribution in [-0.2, 0) is 4.79 Å². The van der Waals surface area contributed by atoms with Crippen LogP contribution >= 0.6 is 0 Å². The lowest BCUT2D eigenvalue weighted by Crippen LogP contribution is -2.40. The van der Waals surface area contributed by atoms with Gasteiger partial charge >= 0.3 is 0 Å². The Hall–Kier alpha value is -0.570. The molecule has 2 aliphatic rings. The van der Waals surface area contributed by atoms with E-state index < -0.39 is 0 Å². The van der Waals surface area contributed by atoms with E-state index in [9.17, 15) is 4.79 Å². The summed E-state index contributed by atoms with van der Waals surface area (Å²) in [6.07, 6.45) is 6.91. The second-order valence-electron chi connectivity index (χ2n) is 4.61. The van der Waals surface area contributed by atoms with Crippen molar-refractivity contribution in [3.8, 4) is 0 Å². The zero-order chi connectivity index (χ0) is 9.80. The average Bonchev–Trinajstić information content (AvgIpc) is 2.93. The monoisotopic (exact) mass is 196 g/mol. The molecule has 1 atom stereocenters. The Morgan fingerprint density at radius 3 is 2.93 bits per heavy atom. The molecule has 14 heavy (non-hydrogen) atoms. The molecule has 1 amide bonds. The van der Waals surface area contributed by atoms with Gasteiger partial charge in [-0.15, -0.1) is 0 Å². The van der Waals surface area contributed by atoms with Crippen LogP contribution in [-0.4, -0.2) is 25.0 Å². The number of carbonyl (C=O) groups excluding carboxylic acids is 1. The molecule has 1 unspecified atom stereocenters. The van der Waals surface area contributed by atoms with Gasteiger partial charge in [-0.3, -0.25) is 4.79 Å². The third-order valence-corrected chi connectivity index (χ3v) is 3.08. The smallest absolute Gasteiger partial charge is 0.220 e. The summed E-state index contributed by atoms with van der Waals surface area (Å²) in [4.78, 5) is 11.5. The van der Waals surface area contributed by atoms with Crippen LogP contribution in [0.25, 0.3) is 0 Å². The number of rotatable bonds is 3. The number of hydrogen-bond acceptors (Lipinski definition) is 2. The Morgan fingerprint density at radius 2 is 2.14 bits per heavy atom. The highest BCUT2D eigenvalue weighted by Crippen LogP contribution is 2.32. The molecule has 2 rings (SSSR count). The Labute approximate surface area is 85.6 Å². The largest absolute Gasteiger partial charge is 0.352 e. The molecule has 1 saturated carbocycles. The molecule has 1 aliphatic carbocycles. The fourth-order valence-electron chi connectivity index (χ4n) is 2.01. The first-order valence-electron chi connectivity index (χ1n) is 5.84. The van der Waals surface area contributed by atoms with Gasteiger partial charge in [0.1, 0.15) is 0 Å². The highest BCUT2D eigenvalue weighted by molar-refractivity contribution is 5.76. The summed E-state index contributed by atoms with van der Waals surface area (Å²) in [6, 6.07) is 0.378. The number of hydrogen-bond donors (Lipinski definition) is 2. The van der Waals surface area contributed by atoms with Crippen molar-refractivity contribution >= 4 is 5.91 Å². The molecular formula is C11H20N2O. The Bertz CT molecular complexity index is 193. The number of amides is 1. The zero-order valence-electron chi connectivity index (χ0n) is 8.72. The highest BCUT2D eigenvalue weighted by atomic mass is 16.1. The summed E-state index contributed by atoms with van der Waals surface area (Å²) >= 11 is 0. The van der Waals surface area contributed by atoms with Crippen molar-refractivity contribution in [2.75, 3.05) is 13.1 Å². The van der Waals surface area contributed by atoms with Crippen LogP contribution in [0.3, 0.4) is 0 Å². The van der Waals surface area contributed by atoms with Crippen LogP contribution in [0.4, 0.5) is 0 Å². The van der Waals surface area contributed by atoms with E-state index in [-0.39, 0.29) is 5.91 Å². The lowest BCUT2D eigenvalue weighted by atomic mass is 10.1. The molecule has 2 fully saturated rings. The van der Waals surface area contributed by atoms with E-state index in [1.165, 1.54) is 25.7 Å². The topological polar surface area (TPSA) is 41.1 Å². The molecule has 1 heterocycles. The lowest BCUT2D eigenvalue weighted by molar-refractivity contribution is -0.122. The Kier molecular flexibility index (Phi) is 3.40. The van der Waals surface area contributed by atoms with Crippen LogP contribution in [0.15, 0.2) is 0 Å². The van der Waals surface area contributed by atoms with Gasteiger partial charge in [0.2, 0.25) is 5.91 Å². The zero-order valence-corrected chi connectivity index (χ0v) is 8.72. The third kappa shape index (κ3) is 3.29. The maximum Gasteiger partial charge on any atom is 0.220 e. The van der Waals surface area contributed by atoms with Gasteiger partial charge in [-0.25, -0.2) is 0 Å². The van der Waals surface area contributed by atoms with Gasteiger partial charge in [0.15, 0.2) is 0 Å². The summed E-state index contributed by atoms with van der Waals surface area (Å²) in [5, 5.41) is 6.49. The van der Waals surface area contributed by atoms with E-state index in [2.05, 4.69) is 10.6 Å². The molecule has 0 bridgehead atoms. The van der Waals surface area contributed by atoms with Crippen molar-refractivity contribution in [1.29, 1.82) is 0 Å². The van der Waals surface area contributed by atoms with E-state index in [1.807, 2.05) is 0 Å². The van der Waals surface area contributed by atoms with Crippen molar-refractivity contribution in [2.24, 2.45) is 5.92 Å². The summed E-state index contributed by atoms with van der Waals surface area (Å²) in [6.45, 7) is 2.06. The molecule has 1 aliphatic heterocycles. The first kappa shape index (κ1) is 9.97. The molecule has 0 aromatic carbocycles. The SMILES string of the molecule is O=C(CC1CC1)NC1CCCCNC1. The van der Waals surface area contributed by atoms with Crippen molar-refractivity contribution in [2.45, 2.75) is 44.6 Å². The van der Waals surface area contributed by atoms with E-state index in [0.717, 1.165) is 25.9 Å². The molecule has 3 heteroatoms. The van der Waals surface area contributed by atoms with Gasteiger partial charge in [0.25, 0.3) is 0 Å². The third-order valence-electron chi connectivity index (χ3n) is 3.08. The average molecular weight is 196 g/mol. The highest BCUT2D eigenvalue weighted by Gasteiger charge is 2.25. The molecule has 80 valence electrons. The van der Waals surface area contributed by atoms with Crippen molar-refractivity contribution in [3.63, 3.8) is 0 Å². The predicted octanol–water partition coefficient (Wildman–Crippen LogP) is 1.04. The molecular weight excluding hydrogens is 176 g/mol. The molecule has 2 N–H and O–H groups in total. The van der Waals surface area contributed by atoms with Crippen LogP contribution < -0.4 is 10.6 Å². The van der Waals surface area contributed by atoms with Crippen LogP contribution in [0.1, 0.15) is 38.5 Å². The fourth-order valence-corrected chi connectivity index (χ4v) is 2.01. The molecule has 0 aromatic rings. The van der Waals surface area contributed by atoms with E-state index in [4.69, 9.17) is 0 Å². The van der Waals surface area contributed by atoms with Gasteiger partial charge in [-0.1, -0.05) is 6.42 Å². The first-order chi connectivity index (χ1) is 6.84. The van der Waals surface area contributed by atoms with Crippen molar-refractivity contribution in [1.82, 2.24) is 10.6 Å². The Balaban J connectivity index is 1.68. The van der Waals surface area contributed by atoms with Gasteiger partial charge < -0.3 is 10.6 Å². The molecule has 3 nitrogen and oxygen atoms in total. The number of carbonyl (C=O) groups is 1. The molecule has 0 radical (unpaired) electrons. The molecule has 0 aromatic heterocycles. The van der Waals surface area contributed by atoms with Crippen molar-refractivity contribution in [3.05, 3.63) is 0 Å². The quantitative estimate of drug-likeness (QED) is 0.708. The summed E-state index contributed by atoms with van der Waals surface area (Å²) in [5.41, 5.74) is 0. The van der Waals surface area contributed by atoms with Crippen LogP contribution in [0, 0.1) is 5.92 Å². The van der Waals surface area contributed by atoms with Crippen molar-refractivity contribution < 1.29 is 4.79 Å². The second-order valence-corrected chi connectivity index (χ2v) is 4.61. The minimum atomic E-state index is 0.265. The Morgan fingerprint density at radius 1 is 1.29 bits per heavy atom. The van der Waals surface area contributed by atoms with Gasteiger partial charge in [0, 0.05) is 19.0 Å². The van der Waals surface area contributed by atoms with E-state index >= 15 is 0 Å². The summed E-state index contributed by atoms with van der Waals surface area (Å²) in [7, 11) is 0. The maximum atomic E-state index is 11.5. The first-order valence-corrected chi connectivity index (χ1v) is 5.84. The van der Waals surface area contributed by atoms with E-state index in [0.29, 0.717) is 12.0 Å². The normalized spacial score (nSPS) is 28.1. The molecule has 1 saturated heterocycles. The maximum absolute atomic E-state index is 11.5. The van der Waals surface area contributed by atoms with E-state index in [1.54, 1.807) is 0 Å².